The van der Waals surface area contributed by atoms with Crippen molar-refractivity contribution < 1.29 is 9.47 Å². The summed E-state index contributed by atoms with van der Waals surface area (Å²) in [6.45, 7) is 9.68. The zero-order chi connectivity index (χ0) is 32.8. The van der Waals surface area contributed by atoms with Crippen LogP contribution in [0.5, 0.6) is 11.5 Å². The Kier molecular flexibility index (Phi) is 9.53. The normalized spacial score (nSPS) is 30.8. The van der Waals surface area contributed by atoms with Crippen LogP contribution in [0.25, 0.3) is 21.8 Å². The Morgan fingerprint density at radius 2 is 1.15 bits per heavy atom. The molecule has 0 amide bonds. The van der Waals surface area contributed by atoms with Crippen molar-refractivity contribution in [1.29, 1.82) is 0 Å². The van der Waals surface area contributed by atoms with Crippen molar-refractivity contribution in [2.75, 3.05) is 40.4 Å². The molecule has 0 saturated carbocycles. The van der Waals surface area contributed by atoms with Crippen LogP contribution < -0.4 is 9.47 Å². The van der Waals surface area contributed by atoms with Crippen molar-refractivity contribution in [2.24, 2.45) is 23.7 Å². The van der Waals surface area contributed by atoms with Gasteiger partial charge in [0.1, 0.15) is 11.5 Å². The largest absolute Gasteiger partial charge is 0.497 e. The first-order chi connectivity index (χ1) is 23.6. The molecule has 2 aromatic heterocycles. The van der Waals surface area contributed by atoms with E-state index in [1.807, 2.05) is 24.5 Å². The molecule has 48 heavy (non-hydrogen) atoms. The lowest BCUT2D eigenvalue weighted by molar-refractivity contribution is -0.00122. The van der Waals surface area contributed by atoms with E-state index in [9.17, 15) is 0 Å². The number of fused-ring (bicyclic) bond motifs is 8. The average molecular weight is 683 g/mol. The minimum Gasteiger partial charge on any atom is -0.497 e. The van der Waals surface area contributed by atoms with Gasteiger partial charge in [0.2, 0.25) is 0 Å². The summed E-state index contributed by atoms with van der Waals surface area (Å²) < 4.78 is 11.5. The Balaban J connectivity index is 1.21. The zero-order valence-electron chi connectivity index (χ0n) is 28.9. The molecule has 6 nitrogen and oxygen atoms in total. The van der Waals surface area contributed by atoms with Crippen molar-refractivity contribution in [1.82, 2.24) is 19.8 Å². The van der Waals surface area contributed by atoms with Gasteiger partial charge in [0.05, 0.1) is 35.8 Å². The van der Waals surface area contributed by atoms with Crippen LogP contribution in [0.1, 0.15) is 74.0 Å². The molecule has 0 aliphatic carbocycles. The van der Waals surface area contributed by atoms with E-state index in [-0.39, 0.29) is 0 Å². The number of pyridine rings is 2. The second kappa shape index (κ2) is 14.0. The summed E-state index contributed by atoms with van der Waals surface area (Å²) in [5.74, 6) is 5.09. The molecule has 6 aliphatic heterocycles. The van der Waals surface area contributed by atoms with Crippen LogP contribution in [-0.2, 0) is 0 Å². The Bertz CT molecular complexity index is 1630. The van der Waals surface area contributed by atoms with Crippen molar-refractivity contribution >= 4 is 43.4 Å². The third-order valence-corrected chi connectivity index (χ3v) is 15.7. The standard InChI is InChI=1S/C40H50N4O2S2/c1-5-25-23-43-17-13-27(25)19-37(43)39(31-11-15-41-35-9-7-29(45-3)21-33(31)35)47-48-40(38-20-28-14-18-44(38)24-26(28)6-2)32-12-16-42-36-10-8-30(46-4)22-34(32)36/h7-12,15-16,21-22,25-28,37-40H,5-6,13-14,17-20,23-24H2,1-4H3/t25-,26-,27-,28-,37-,38-,39+,40+/m0/s1. The van der Waals surface area contributed by atoms with Gasteiger partial charge in [-0.15, -0.1) is 0 Å². The van der Waals surface area contributed by atoms with Gasteiger partial charge >= 0.3 is 0 Å². The molecule has 6 aliphatic rings. The summed E-state index contributed by atoms with van der Waals surface area (Å²) >= 11 is 0. The van der Waals surface area contributed by atoms with Gasteiger partial charge < -0.3 is 9.47 Å². The maximum atomic E-state index is 5.75. The van der Waals surface area contributed by atoms with Gasteiger partial charge in [-0.25, -0.2) is 0 Å². The number of aromatic nitrogens is 2. The molecule has 10 atom stereocenters. The topological polar surface area (TPSA) is 50.7 Å². The highest BCUT2D eigenvalue weighted by Gasteiger charge is 2.46. The molecule has 0 radical (unpaired) electrons. The predicted octanol–water partition coefficient (Wildman–Crippen LogP) is 9.20. The molecule has 4 aromatic rings. The molecule has 0 spiro atoms. The van der Waals surface area contributed by atoms with Crippen molar-refractivity contribution in [3.63, 3.8) is 0 Å². The molecular weight excluding hydrogens is 633 g/mol. The van der Waals surface area contributed by atoms with Gasteiger partial charge in [-0.3, -0.25) is 19.8 Å². The Morgan fingerprint density at radius 3 is 1.52 bits per heavy atom. The molecule has 8 heterocycles. The van der Waals surface area contributed by atoms with Crippen LogP contribution in [-0.4, -0.2) is 72.3 Å². The Morgan fingerprint density at radius 1 is 0.688 bits per heavy atom. The highest BCUT2D eigenvalue weighted by Crippen LogP contribution is 2.57. The van der Waals surface area contributed by atoms with E-state index in [2.05, 4.69) is 81.6 Å². The molecule has 2 aromatic carbocycles. The number of nitrogens with zero attached hydrogens (tertiary/aromatic N) is 4. The number of piperidine rings is 6. The highest BCUT2D eigenvalue weighted by atomic mass is 33.1. The summed E-state index contributed by atoms with van der Waals surface area (Å²) in [6.07, 6.45) is 11.9. The van der Waals surface area contributed by atoms with Crippen molar-refractivity contribution in [3.05, 3.63) is 72.1 Å². The third kappa shape index (κ3) is 5.99. The van der Waals surface area contributed by atoms with E-state index in [0.717, 1.165) is 46.2 Å². The number of hydrogen-bond donors (Lipinski definition) is 0. The minimum absolute atomic E-state index is 0.317. The van der Waals surface area contributed by atoms with Gasteiger partial charge in [-0.1, -0.05) is 48.3 Å². The molecule has 10 rings (SSSR count). The number of hydrogen-bond acceptors (Lipinski definition) is 8. The fourth-order valence-electron chi connectivity index (χ4n) is 9.72. The highest BCUT2D eigenvalue weighted by molar-refractivity contribution is 8.76. The molecule has 0 N–H and O–H groups in total. The first-order valence-corrected chi connectivity index (χ1v) is 20.5. The predicted molar refractivity (Wildman–Crippen MR) is 201 cm³/mol. The summed E-state index contributed by atoms with van der Waals surface area (Å²) in [7, 11) is 7.81. The number of benzene rings is 2. The Labute approximate surface area is 294 Å². The molecule has 4 bridgehead atoms. The van der Waals surface area contributed by atoms with E-state index >= 15 is 0 Å². The Hall–Kier alpha value is -2.52. The molecule has 6 fully saturated rings. The quantitative estimate of drug-likeness (QED) is 0.145. The summed E-state index contributed by atoms with van der Waals surface area (Å²) in [6, 6.07) is 18.4. The van der Waals surface area contributed by atoms with E-state index in [0.29, 0.717) is 22.6 Å². The van der Waals surface area contributed by atoms with Crippen molar-refractivity contribution in [2.45, 2.75) is 75.0 Å². The van der Waals surface area contributed by atoms with Crippen molar-refractivity contribution in [3.8, 4) is 11.5 Å². The first-order valence-electron chi connectivity index (χ1n) is 18.2. The van der Waals surface area contributed by atoms with Crippen LogP contribution in [0.4, 0.5) is 0 Å². The molecule has 254 valence electrons. The smallest absolute Gasteiger partial charge is 0.119 e. The maximum absolute atomic E-state index is 5.75. The van der Waals surface area contributed by atoms with E-state index in [4.69, 9.17) is 19.4 Å². The summed E-state index contributed by atoms with van der Waals surface area (Å²) in [5.41, 5.74) is 4.91. The molecule has 2 unspecified atom stereocenters. The molecular formula is C40H50N4O2S2. The van der Waals surface area contributed by atoms with E-state index in [1.165, 1.54) is 86.6 Å². The van der Waals surface area contributed by atoms with Gasteiger partial charge in [0.15, 0.2) is 0 Å². The number of ether oxygens (including phenoxy) is 2. The lowest BCUT2D eigenvalue weighted by atomic mass is 9.73. The van der Waals surface area contributed by atoms with Crippen LogP contribution in [0.15, 0.2) is 60.9 Å². The average Bonchev–Trinajstić information content (AvgIpc) is 3.16. The van der Waals surface area contributed by atoms with E-state index in [1.54, 1.807) is 14.2 Å². The summed E-state index contributed by atoms with van der Waals surface area (Å²) in [4.78, 5) is 15.3. The van der Waals surface area contributed by atoms with Crippen LogP contribution in [0, 0.1) is 23.7 Å². The fraction of sp³-hybridized carbons (Fsp3) is 0.550. The second-order valence-corrected chi connectivity index (χ2v) is 17.2. The SMILES string of the molecule is CC[C@H]1CN2CC[C@H]1C[C@H]2[C@H](SS[C@H](c1ccnc2ccc(OC)cc12)[C@@H]1C[C@@H]2CCN1C[C@@H]2CC)c1ccnc2ccc(OC)cc12. The minimum atomic E-state index is 0.317. The van der Waals surface area contributed by atoms with Gasteiger partial charge in [-0.05, 0) is 122 Å². The number of methoxy groups -OCH3 is 2. The monoisotopic (exact) mass is 682 g/mol. The van der Waals surface area contributed by atoms with Gasteiger partial charge in [0.25, 0.3) is 0 Å². The van der Waals surface area contributed by atoms with Crippen LogP contribution in [0.3, 0.4) is 0 Å². The van der Waals surface area contributed by atoms with E-state index < -0.39 is 0 Å². The first kappa shape index (κ1) is 32.7. The maximum Gasteiger partial charge on any atom is 0.119 e. The van der Waals surface area contributed by atoms with Gasteiger partial charge in [-0.2, -0.15) is 0 Å². The number of rotatable bonds is 11. The van der Waals surface area contributed by atoms with Crippen LogP contribution >= 0.6 is 21.6 Å². The molecule has 6 saturated heterocycles. The second-order valence-electron chi connectivity index (χ2n) is 14.6. The molecule has 8 heteroatoms. The lowest BCUT2D eigenvalue weighted by Crippen LogP contribution is -2.55. The summed E-state index contributed by atoms with van der Waals surface area (Å²) in [5, 5.41) is 3.09. The van der Waals surface area contributed by atoms with Crippen LogP contribution in [0.2, 0.25) is 0 Å². The third-order valence-electron chi connectivity index (χ3n) is 12.5. The zero-order valence-corrected chi connectivity index (χ0v) is 30.5. The fourth-order valence-corrected chi connectivity index (χ4v) is 13.5. The lowest BCUT2D eigenvalue weighted by Gasteiger charge is -2.53. The van der Waals surface area contributed by atoms with Gasteiger partial charge in [0, 0.05) is 48.3 Å².